The summed E-state index contributed by atoms with van der Waals surface area (Å²) in [5, 5.41) is 6.88. The zero-order valence-electron chi connectivity index (χ0n) is 15.3. The van der Waals surface area contributed by atoms with Gasteiger partial charge >= 0.3 is 0 Å². The molecule has 0 saturated carbocycles. The Bertz CT molecular complexity index is 956. The summed E-state index contributed by atoms with van der Waals surface area (Å²) < 4.78 is 35.1. The van der Waals surface area contributed by atoms with Crippen molar-refractivity contribution in [3.05, 3.63) is 55.4 Å². The van der Waals surface area contributed by atoms with Crippen LogP contribution in [0.3, 0.4) is 0 Å². The Morgan fingerprint density at radius 1 is 1.32 bits per heavy atom. The fraction of sp³-hybridized carbons (Fsp3) is 0.368. The van der Waals surface area contributed by atoms with Gasteiger partial charge in [-0.15, -0.1) is 0 Å². The van der Waals surface area contributed by atoms with Gasteiger partial charge in [-0.25, -0.2) is 13.1 Å². The highest BCUT2D eigenvalue weighted by Crippen LogP contribution is 2.34. The second kappa shape index (κ2) is 7.50. The summed E-state index contributed by atoms with van der Waals surface area (Å²) in [4.78, 5) is 11.7. The number of fused-ring (bicyclic) bond motifs is 1. The van der Waals surface area contributed by atoms with Crippen LogP contribution >= 0.6 is 0 Å². The molecule has 1 N–H and O–H groups in total. The number of amides is 1. The summed E-state index contributed by atoms with van der Waals surface area (Å²) in [5.41, 5.74) is 0.794. The van der Waals surface area contributed by atoms with E-state index in [0.29, 0.717) is 19.4 Å². The highest BCUT2D eigenvalue weighted by molar-refractivity contribution is 7.89. The van der Waals surface area contributed by atoms with Crippen molar-refractivity contribution in [1.29, 1.82) is 0 Å². The topological polar surface area (TPSA) is 93.5 Å². The number of nitrogens with zero attached hydrogens (tertiary/aromatic N) is 3. The number of piperidine rings is 1. The van der Waals surface area contributed by atoms with Gasteiger partial charge in [0.05, 0.1) is 16.7 Å². The van der Waals surface area contributed by atoms with E-state index in [9.17, 15) is 13.2 Å². The number of sulfonamides is 1. The highest BCUT2D eigenvalue weighted by atomic mass is 32.2. The fourth-order valence-electron chi connectivity index (χ4n) is 3.77. The predicted octanol–water partition coefficient (Wildman–Crippen LogP) is 1.30. The van der Waals surface area contributed by atoms with Crippen LogP contribution in [-0.4, -0.2) is 53.8 Å². The minimum Gasteiger partial charge on any atom is -0.354 e. The van der Waals surface area contributed by atoms with Gasteiger partial charge in [-0.2, -0.15) is 9.40 Å². The quantitative estimate of drug-likeness (QED) is 0.761. The first kappa shape index (κ1) is 18.9. The Hall–Kier alpha value is -2.49. The summed E-state index contributed by atoms with van der Waals surface area (Å²) in [7, 11) is -3.61. The van der Waals surface area contributed by atoms with Gasteiger partial charge in [0, 0.05) is 25.5 Å². The first-order valence-electron chi connectivity index (χ1n) is 9.16. The molecule has 2 saturated heterocycles. The van der Waals surface area contributed by atoms with Gasteiger partial charge in [0.15, 0.2) is 0 Å². The molecule has 0 spiro atoms. The lowest BCUT2D eigenvalue weighted by Crippen LogP contribution is -2.45. The molecule has 2 aliphatic rings. The maximum absolute atomic E-state index is 13.0. The van der Waals surface area contributed by atoms with E-state index < -0.39 is 16.3 Å². The van der Waals surface area contributed by atoms with Crippen LogP contribution in [0.2, 0.25) is 0 Å². The van der Waals surface area contributed by atoms with E-state index in [1.807, 2.05) is 0 Å². The first-order valence-corrected chi connectivity index (χ1v) is 10.6. The van der Waals surface area contributed by atoms with E-state index in [1.54, 1.807) is 47.4 Å². The average molecular weight is 402 g/mol. The van der Waals surface area contributed by atoms with Crippen molar-refractivity contribution in [2.45, 2.75) is 30.1 Å². The lowest BCUT2D eigenvalue weighted by molar-refractivity contribution is -0.120. The van der Waals surface area contributed by atoms with Crippen molar-refractivity contribution in [3.8, 4) is 5.69 Å². The smallest absolute Gasteiger partial charge is 0.245 e. The Morgan fingerprint density at radius 3 is 2.79 bits per heavy atom. The van der Waals surface area contributed by atoms with Gasteiger partial charge in [-0.1, -0.05) is 6.58 Å². The molecule has 3 unspecified atom stereocenters. The van der Waals surface area contributed by atoms with Crippen molar-refractivity contribution in [2.75, 3.05) is 13.1 Å². The van der Waals surface area contributed by atoms with E-state index in [2.05, 4.69) is 17.0 Å². The third kappa shape index (κ3) is 3.60. The number of carbonyl (C=O) groups is 1. The molecule has 1 aromatic carbocycles. The summed E-state index contributed by atoms with van der Waals surface area (Å²) in [6.07, 6.45) is 5.45. The van der Waals surface area contributed by atoms with E-state index in [1.165, 1.54) is 10.4 Å². The molecule has 3 heterocycles. The molecular weight excluding hydrogens is 380 g/mol. The minimum absolute atomic E-state index is 0.220. The maximum Gasteiger partial charge on any atom is 0.245 e. The molecule has 2 aliphatic heterocycles. The average Bonchev–Trinajstić information content (AvgIpc) is 3.36. The second-order valence-corrected chi connectivity index (χ2v) is 8.91. The van der Waals surface area contributed by atoms with Crippen LogP contribution in [0.25, 0.3) is 5.69 Å². The third-order valence-electron chi connectivity index (χ3n) is 5.25. The molecule has 3 atom stereocenters. The van der Waals surface area contributed by atoms with Crippen LogP contribution in [0.5, 0.6) is 0 Å². The van der Waals surface area contributed by atoms with Crippen molar-refractivity contribution in [3.63, 3.8) is 0 Å². The number of rotatable bonds is 5. The molecule has 28 heavy (non-hydrogen) atoms. The molecule has 2 aromatic rings. The van der Waals surface area contributed by atoms with Crippen LogP contribution in [0, 0.1) is 5.92 Å². The Balaban J connectivity index is 1.45. The van der Waals surface area contributed by atoms with Crippen molar-refractivity contribution < 1.29 is 17.9 Å². The zero-order valence-corrected chi connectivity index (χ0v) is 16.1. The normalized spacial score (nSPS) is 25.2. The number of aromatic nitrogens is 2. The Morgan fingerprint density at radius 2 is 2.11 bits per heavy atom. The van der Waals surface area contributed by atoms with Gasteiger partial charge in [0.2, 0.25) is 15.9 Å². The number of hydrogen-bond acceptors (Lipinski definition) is 5. The molecule has 4 rings (SSSR count). The van der Waals surface area contributed by atoms with Gasteiger partial charge in [-0.05, 0) is 55.2 Å². The maximum atomic E-state index is 13.0. The molecule has 0 aliphatic carbocycles. The summed E-state index contributed by atoms with van der Waals surface area (Å²) >= 11 is 0. The Labute approximate surface area is 163 Å². The van der Waals surface area contributed by atoms with Gasteiger partial charge < -0.3 is 10.1 Å². The number of ether oxygens (including phenoxy) is 1. The highest BCUT2D eigenvalue weighted by Gasteiger charge is 2.42. The summed E-state index contributed by atoms with van der Waals surface area (Å²) in [5.74, 6) is -0.0471. The lowest BCUT2D eigenvalue weighted by atomic mass is 9.94. The van der Waals surface area contributed by atoms with Crippen LogP contribution in [0.15, 0.2) is 60.3 Å². The lowest BCUT2D eigenvalue weighted by Gasteiger charge is -2.33. The minimum atomic E-state index is -3.61. The van der Waals surface area contributed by atoms with Crippen LogP contribution in [0.1, 0.15) is 12.8 Å². The number of nitrogens with one attached hydrogen (secondary N) is 1. The van der Waals surface area contributed by atoms with E-state index >= 15 is 0 Å². The molecule has 1 amide bonds. The molecule has 9 heteroatoms. The van der Waals surface area contributed by atoms with E-state index in [-0.39, 0.29) is 29.4 Å². The van der Waals surface area contributed by atoms with Crippen molar-refractivity contribution >= 4 is 15.9 Å². The van der Waals surface area contributed by atoms with Gasteiger partial charge in [-0.3, -0.25) is 4.79 Å². The number of carbonyl (C=O) groups excluding carboxylic acids is 1. The van der Waals surface area contributed by atoms with Crippen molar-refractivity contribution in [2.24, 2.45) is 5.92 Å². The largest absolute Gasteiger partial charge is 0.354 e. The first-order chi connectivity index (χ1) is 13.5. The predicted molar refractivity (Wildman–Crippen MR) is 102 cm³/mol. The molecule has 2 fully saturated rings. The standard InChI is InChI=1S/C19H22N4O4S/c1-2-18(24)21-19-12-14-8-11-22(13-17(14)27-19)28(25,26)16-6-4-15(5-7-16)23-10-3-9-20-23/h2-7,9-10,14,17,19H,1,8,11-13H2,(H,21,24). The van der Waals surface area contributed by atoms with Crippen molar-refractivity contribution in [1.82, 2.24) is 19.4 Å². The van der Waals surface area contributed by atoms with Crippen LogP contribution < -0.4 is 5.32 Å². The molecule has 148 valence electrons. The molecule has 0 radical (unpaired) electrons. The van der Waals surface area contributed by atoms with Crippen LogP contribution in [-0.2, 0) is 19.6 Å². The van der Waals surface area contributed by atoms with Gasteiger partial charge in [0.1, 0.15) is 6.23 Å². The monoisotopic (exact) mass is 402 g/mol. The second-order valence-electron chi connectivity index (χ2n) is 6.97. The van der Waals surface area contributed by atoms with Gasteiger partial charge in [0.25, 0.3) is 0 Å². The van der Waals surface area contributed by atoms with Crippen LogP contribution in [0.4, 0.5) is 0 Å². The molecular formula is C19H22N4O4S. The van der Waals surface area contributed by atoms with E-state index in [4.69, 9.17) is 4.74 Å². The number of hydrogen-bond donors (Lipinski definition) is 1. The Kier molecular flexibility index (Phi) is 5.05. The number of benzene rings is 1. The van der Waals surface area contributed by atoms with E-state index in [0.717, 1.165) is 5.69 Å². The summed E-state index contributed by atoms with van der Waals surface area (Å²) in [6.45, 7) is 4.16. The molecule has 8 nitrogen and oxygen atoms in total. The zero-order chi connectivity index (χ0) is 19.7. The fourth-order valence-corrected chi connectivity index (χ4v) is 5.24. The molecule has 1 aromatic heterocycles. The third-order valence-corrected chi connectivity index (χ3v) is 7.13. The molecule has 0 bridgehead atoms. The SMILES string of the molecule is C=CC(=O)NC1CC2CCN(S(=O)(=O)c3ccc(-n4cccn4)cc3)CC2O1. The summed E-state index contributed by atoms with van der Waals surface area (Å²) in [6, 6.07) is 8.47.